The number of phenolic OH excluding ortho intramolecular Hbond substituents is 1. The molecular formula is C15H23NO2. The second kappa shape index (κ2) is 5.19. The molecule has 3 heteroatoms. The second-order valence-corrected chi connectivity index (χ2v) is 5.95. The van der Waals surface area contributed by atoms with Crippen molar-refractivity contribution in [1.82, 2.24) is 5.32 Å². The molecule has 1 atom stereocenters. The van der Waals surface area contributed by atoms with Gasteiger partial charge in [-0.1, -0.05) is 26.0 Å². The van der Waals surface area contributed by atoms with Gasteiger partial charge in [0, 0.05) is 18.2 Å². The number of para-hydroxylation sites is 1. The molecule has 0 saturated heterocycles. The Morgan fingerprint density at radius 2 is 2.22 bits per heavy atom. The van der Waals surface area contributed by atoms with Crippen LogP contribution in [0.25, 0.3) is 0 Å². The van der Waals surface area contributed by atoms with Crippen LogP contribution in [0.3, 0.4) is 0 Å². The number of aromatic hydroxyl groups is 1. The van der Waals surface area contributed by atoms with Crippen molar-refractivity contribution < 1.29 is 9.84 Å². The van der Waals surface area contributed by atoms with E-state index in [-0.39, 0.29) is 5.75 Å². The quantitative estimate of drug-likeness (QED) is 0.861. The predicted molar refractivity (Wildman–Crippen MR) is 72.9 cm³/mol. The van der Waals surface area contributed by atoms with Crippen LogP contribution < -0.4 is 10.1 Å². The molecule has 0 amide bonds. The van der Waals surface area contributed by atoms with Crippen LogP contribution in [0.1, 0.15) is 38.7 Å². The Kier molecular flexibility index (Phi) is 3.81. The summed E-state index contributed by atoms with van der Waals surface area (Å²) in [6.07, 6.45) is 3.70. The van der Waals surface area contributed by atoms with Gasteiger partial charge in [0.05, 0.1) is 7.11 Å². The van der Waals surface area contributed by atoms with E-state index in [4.69, 9.17) is 4.74 Å². The van der Waals surface area contributed by atoms with Gasteiger partial charge in [0.1, 0.15) is 0 Å². The summed E-state index contributed by atoms with van der Waals surface area (Å²) in [7, 11) is 1.58. The summed E-state index contributed by atoms with van der Waals surface area (Å²) in [5, 5.41) is 13.5. The van der Waals surface area contributed by atoms with Crippen LogP contribution >= 0.6 is 0 Å². The summed E-state index contributed by atoms with van der Waals surface area (Å²) in [5.74, 6) is 0.797. The van der Waals surface area contributed by atoms with Crippen molar-refractivity contribution >= 4 is 0 Å². The highest BCUT2D eigenvalue weighted by Crippen LogP contribution is 2.37. The fraction of sp³-hybridized carbons (Fsp3) is 0.600. The highest BCUT2D eigenvalue weighted by Gasteiger charge is 2.30. The first-order valence-electron chi connectivity index (χ1n) is 6.60. The van der Waals surface area contributed by atoms with Crippen molar-refractivity contribution in [2.75, 3.05) is 7.11 Å². The number of hydrogen-bond donors (Lipinski definition) is 2. The number of hydrogen-bond acceptors (Lipinski definition) is 3. The van der Waals surface area contributed by atoms with Crippen molar-refractivity contribution in [3.63, 3.8) is 0 Å². The zero-order valence-corrected chi connectivity index (χ0v) is 11.5. The zero-order chi connectivity index (χ0) is 13.2. The third-order valence-corrected chi connectivity index (χ3v) is 3.85. The molecule has 1 unspecified atom stereocenters. The summed E-state index contributed by atoms with van der Waals surface area (Å²) in [4.78, 5) is 0. The van der Waals surface area contributed by atoms with Gasteiger partial charge in [0.25, 0.3) is 0 Å². The Balaban J connectivity index is 1.95. The van der Waals surface area contributed by atoms with E-state index in [2.05, 4.69) is 19.2 Å². The van der Waals surface area contributed by atoms with E-state index < -0.39 is 0 Å². The first-order valence-corrected chi connectivity index (χ1v) is 6.60. The molecule has 0 bridgehead atoms. The summed E-state index contributed by atoms with van der Waals surface area (Å²) in [5.41, 5.74) is 1.35. The second-order valence-electron chi connectivity index (χ2n) is 5.95. The average Bonchev–Trinajstić information content (AvgIpc) is 2.68. The number of methoxy groups -OCH3 is 1. The maximum atomic E-state index is 10.0. The summed E-state index contributed by atoms with van der Waals surface area (Å²) in [6.45, 7) is 5.33. The average molecular weight is 249 g/mol. The van der Waals surface area contributed by atoms with Gasteiger partial charge in [-0.15, -0.1) is 0 Å². The van der Waals surface area contributed by atoms with E-state index in [1.54, 1.807) is 13.2 Å². The van der Waals surface area contributed by atoms with Gasteiger partial charge in [0.15, 0.2) is 11.5 Å². The van der Waals surface area contributed by atoms with Gasteiger partial charge < -0.3 is 15.2 Å². The minimum absolute atomic E-state index is 0.254. The molecule has 100 valence electrons. The van der Waals surface area contributed by atoms with Crippen LogP contribution in [0, 0.1) is 5.41 Å². The minimum atomic E-state index is 0.254. The molecule has 1 aliphatic rings. The van der Waals surface area contributed by atoms with Crippen LogP contribution in [0.2, 0.25) is 0 Å². The lowest BCUT2D eigenvalue weighted by molar-refractivity contribution is 0.359. The van der Waals surface area contributed by atoms with E-state index in [9.17, 15) is 5.11 Å². The maximum absolute atomic E-state index is 10.0. The molecule has 18 heavy (non-hydrogen) atoms. The number of benzene rings is 1. The summed E-state index contributed by atoms with van der Waals surface area (Å²) in [6, 6.07) is 6.18. The molecule has 2 N–H and O–H groups in total. The topological polar surface area (TPSA) is 41.5 Å². The van der Waals surface area contributed by atoms with Gasteiger partial charge in [-0.05, 0) is 30.7 Å². The minimum Gasteiger partial charge on any atom is -0.504 e. The summed E-state index contributed by atoms with van der Waals surface area (Å²) >= 11 is 0. The number of rotatable bonds is 4. The molecule has 1 fully saturated rings. The molecule has 0 heterocycles. The van der Waals surface area contributed by atoms with E-state index in [1.807, 2.05) is 12.1 Å². The Bertz CT molecular complexity index is 415. The molecule has 1 aliphatic carbocycles. The number of ether oxygens (including phenoxy) is 1. The van der Waals surface area contributed by atoms with Gasteiger partial charge in [-0.2, -0.15) is 0 Å². The van der Waals surface area contributed by atoms with Gasteiger partial charge in [-0.25, -0.2) is 0 Å². The highest BCUT2D eigenvalue weighted by molar-refractivity contribution is 5.45. The molecule has 0 spiro atoms. The van der Waals surface area contributed by atoms with E-state index in [0.29, 0.717) is 23.8 Å². The van der Waals surface area contributed by atoms with Crippen LogP contribution in [0.4, 0.5) is 0 Å². The van der Waals surface area contributed by atoms with Crippen molar-refractivity contribution in [1.29, 1.82) is 0 Å². The van der Waals surface area contributed by atoms with E-state index in [0.717, 1.165) is 5.56 Å². The number of phenols is 1. The molecule has 2 rings (SSSR count). The monoisotopic (exact) mass is 249 g/mol. The fourth-order valence-electron chi connectivity index (χ4n) is 2.74. The highest BCUT2D eigenvalue weighted by atomic mass is 16.5. The lowest BCUT2D eigenvalue weighted by atomic mass is 9.92. The summed E-state index contributed by atoms with van der Waals surface area (Å²) < 4.78 is 5.11. The molecule has 0 radical (unpaired) electrons. The maximum Gasteiger partial charge on any atom is 0.162 e. The van der Waals surface area contributed by atoms with Crippen molar-refractivity contribution in [2.45, 2.75) is 45.7 Å². The van der Waals surface area contributed by atoms with Gasteiger partial charge >= 0.3 is 0 Å². The van der Waals surface area contributed by atoms with Crippen LogP contribution in [0.5, 0.6) is 11.5 Å². The largest absolute Gasteiger partial charge is 0.504 e. The van der Waals surface area contributed by atoms with Crippen LogP contribution in [-0.2, 0) is 6.54 Å². The third kappa shape index (κ3) is 2.96. The lowest BCUT2D eigenvalue weighted by Crippen LogP contribution is -2.26. The predicted octanol–water partition coefficient (Wildman–Crippen LogP) is 3.07. The third-order valence-electron chi connectivity index (χ3n) is 3.85. The van der Waals surface area contributed by atoms with E-state index >= 15 is 0 Å². The first-order chi connectivity index (χ1) is 8.52. The number of nitrogens with one attached hydrogen (secondary N) is 1. The molecule has 1 saturated carbocycles. The molecule has 1 aromatic rings. The smallest absolute Gasteiger partial charge is 0.162 e. The van der Waals surface area contributed by atoms with Crippen LogP contribution in [0.15, 0.2) is 18.2 Å². The molecule has 1 aromatic carbocycles. The SMILES string of the molecule is COc1cccc(CNC2CCC(C)(C)C2)c1O. The Hall–Kier alpha value is -1.22. The Labute approximate surface area is 109 Å². The standard InChI is InChI=1S/C15H23NO2/c1-15(2)8-7-12(9-15)16-10-11-5-4-6-13(18-3)14(11)17/h4-6,12,16-17H,7-10H2,1-3H3. The normalized spacial score (nSPS) is 22.1. The first kappa shape index (κ1) is 13.2. The van der Waals surface area contributed by atoms with E-state index in [1.165, 1.54) is 19.3 Å². The molecule has 0 aliphatic heterocycles. The molecule has 0 aromatic heterocycles. The van der Waals surface area contributed by atoms with Crippen molar-refractivity contribution in [3.05, 3.63) is 23.8 Å². The zero-order valence-electron chi connectivity index (χ0n) is 11.5. The van der Waals surface area contributed by atoms with Crippen LogP contribution in [-0.4, -0.2) is 18.3 Å². The van der Waals surface area contributed by atoms with Gasteiger partial charge in [0.2, 0.25) is 0 Å². The van der Waals surface area contributed by atoms with Gasteiger partial charge in [-0.3, -0.25) is 0 Å². The molecule has 3 nitrogen and oxygen atoms in total. The molecular weight excluding hydrogens is 226 g/mol. The lowest BCUT2D eigenvalue weighted by Gasteiger charge is -2.18. The Morgan fingerprint density at radius 1 is 1.44 bits per heavy atom. The Morgan fingerprint density at radius 3 is 2.83 bits per heavy atom. The van der Waals surface area contributed by atoms with Crippen molar-refractivity contribution in [2.24, 2.45) is 5.41 Å². The fourth-order valence-corrected chi connectivity index (χ4v) is 2.74. The van der Waals surface area contributed by atoms with Crippen molar-refractivity contribution in [3.8, 4) is 11.5 Å².